The third-order valence-corrected chi connectivity index (χ3v) is 5.30. The van der Waals surface area contributed by atoms with Gasteiger partial charge in [-0.15, -0.1) is 0 Å². The topological polar surface area (TPSA) is 68.3 Å². The van der Waals surface area contributed by atoms with E-state index in [2.05, 4.69) is 0 Å². The number of hydrogen-bond donors (Lipinski definition) is 0. The van der Waals surface area contributed by atoms with Crippen LogP contribution in [0.4, 0.5) is 0 Å². The summed E-state index contributed by atoms with van der Waals surface area (Å²) in [6, 6.07) is 5.78. The molecule has 2 aliphatic rings. The number of amides is 2. The standard InChI is InChI=1S/C21H30N2O5/c1-3-27-17-8-6-16(15-19(17)26-2)7-9-20(24)22-10-12-23(13-11-22)21(25)18-5-4-14-28-18/h6,8,15,18H,3-5,7,9-14H2,1-2H3. The monoisotopic (exact) mass is 390 g/mol. The molecule has 2 amide bonds. The molecule has 0 aromatic heterocycles. The number of piperazine rings is 1. The number of rotatable bonds is 7. The molecule has 0 aliphatic carbocycles. The SMILES string of the molecule is CCOc1ccc(CCC(=O)N2CCN(C(=O)C3CCCO3)CC2)cc1OC. The Balaban J connectivity index is 1.46. The first-order valence-electron chi connectivity index (χ1n) is 10.1. The summed E-state index contributed by atoms with van der Waals surface area (Å²) >= 11 is 0. The maximum Gasteiger partial charge on any atom is 0.251 e. The number of hydrogen-bond acceptors (Lipinski definition) is 5. The van der Waals surface area contributed by atoms with Gasteiger partial charge in [0.25, 0.3) is 5.91 Å². The van der Waals surface area contributed by atoms with Gasteiger partial charge in [0, 0.05) is 39.2 Å². The highest BCUT2D eigenvalue weighted by Gasteiger charge is 2.31. The van der Waals surface area contributed by atoms with E-state index in [-0.39, 0.29) is 17.9 Å². The lowest BCUT2D eigenvalue weighted by molar-refractivity contribution is -0.146. The van der Waals surface area contributed by atoms with E-state index in [0.29, 0.717) is 63.7 Å². The highest BCUT2D eigenvalue weighted by atomic mass is 16.5. The Morgan fingerprint density at radius 1 is 1.14 bits per heavy atom. The minimum atomic E-state index is -0.281. The fraction of sp³-hybridized carbons (Fsp3) is 0.619. The van der Waals surface area contributed by atoms with E-state index < -0.39 is 0 Å². The summed E-state index contributed by atoms with van der Waals surface area (Å²) < 4.78 is 16.4. The molecule has 154 valence electrons. The molecule has 7 nitrogen and oxygen atoms in total. The summed E-state index contributed by atoms with van der Waals surface area (Å²) in [5.41, 5.74) is 1.04. The minimum Gasteiger partial charge on any atom is -0.493 e. The number of benzene rings is 1. The number of ether oxygens (including phenoxy) is 3. The second-order valence-electron chi connectivity index (χ2n) is 7.13. The van der Waals surface area contributed by atoms with Gasteiger partial charge in [-0.05, 0) is 43.9 Å². The van der Waals surface area contributed by atoms with Crippen LogP contribution in [0.1, 0.15) is 31.7 Å². The van der Waals surface area contributed by atoms with E-state index in [4.69, 9.17) is 14.2 Å². The fourth-order valence-corrected chi connectivity index (χ4v) is 3.70. The lowest BCUT2D eigenvalue weighted by Gasteiger charge is -2.35. The van der Waals surface area contributed by atoms with Crippen molar-refractivity contribution < 1.29 is 23.8 Å². The first-order chi connectivity index (χ1) is 13.6. The molecule has 2 heterocycles. The molecule has 28 heavy (non-hydrogen) atoms. The molecule has 3 rings (SSSR count). The van der Waals surface area contributed by atoms with Crippen LogP contribution in [0.25, 0.3) is 0 Å². The minimum absolute atomic E-state index is 0.0751. The van der Waals surface area contributed by atoms with E-state index in [1.165, 1.54) is 0 Å². The summed E-state index contributed by atoms with van der Waals surface area (Å²) in [5.74, 6) is 1.60. The molecule has 1 aromatic rings. The van der Waals surface area contributed by atoms with Gasteiger partial charge in [-0.3, -0.25) is 9.59 Å². The second-order valence-corrected chi connectivity index (χ2v) is 7.13. The molecule has 0 saturated carbocycles. The van der Waals surface area contributed by atoms with Gasteiger partial charge in [0.05, 0.1) is 13.7 Å². The van der Waals surface area contributed by atoms with Crippen LogP contribution in [0, 0.1) is 0 Å². The number of carbonyl (C=O) groups is 2. The maximum absolute atomic E-state index is 12.6. The zero-order valence-electron chi connectivity index (χ0n) is 16.8. The van der Waals surface area contributed by atoms with E-state index >= 15 is 0 Å². The van der Waals surface area contributed by atoms with Crippen LogP contribution in [0.5, 0.6) is 11.5 Å². The largest absolute Gasteiger partial charge is 0.493 e. The predicted molar refractivity (Wildman–Crippen MR) is 105 cm³/mol. The molecular weight excluding hydrogens is 360 g/mol. The van der Waals surface area contributed by atoms with Crippen molar-refractivity contribution >= 4 is 11.8 Å². The number of nitrogens with zero attached hydrogens (tertiary/aromatic N) is 2. The Labute approximate surface area is 166 Å². The van der Waals surface area contributed by atoms with Crippen molar-refractivity contribution in [1.82, 2.24) is 9.80 Å². The molecule has 0 spiro atoms. The average Bonchev–Trinajstić information content (AvgIpc) is 3.27. The van der Waals surface area contributed by atoms with Crippen molar-refractivity contribution in [1.29, 1.82) is 0 Å². The quantitative estimate of drug-likeness (QED) is 0.711. The van der Waals surface area contributed by atoms with Crippen LogP contribution in [0.3, 0.4) is 0 Å². The molecule has 0 N–H and O–H groups in total. The molecule has 2 fully saturated rings. The Bertz CT molecular complexity index is 679. The van der Waals surface area contributed by atoms with Crippen LogP contribution in [0.15, 0.2) is 18.2 Å². The van der Waals surface area contributed by atoms with Crippen LogP contribution in [-0.2, 0) is 20.7 Å². The van der Waals surface area contributed by atoms with Gasteiger partial charge >= 0.3 is 0 Å². The van der Waals surface area contributed by atoms with E-state index in [1.807, 2.05) is 34.9 Å². The van der Waals surface area contributed by atoms with E-state index in [0.717, 1.165) is 18.4 Å². The molecule has 0 radical (unpaired) electrons. The highest BCUT2D eigenvalue weighted by Crippen LogP contribution is 2.28. The van der Waals surface area contributed by atoms with Crippen molar-refractivity contribution in [2.75, 3.05) is 46.5 Å². The van der Waals surface area contributed by atoms with Gasteiger partial charge in [-0.2, -0.15) is 0 Å². The van der Waals surface area contributed by atoms with Crippen molar-refractivity contribution in [2.45, 2.75) is 38.7 Å². The summed E-state index contributed by atoms with van der Waals surface area (Å²) in [5, 5.41) is 0. The third kappa shape index (κ3) is 4.95. The van der Waals surface area contributed by atoms with Crippen LogP contribution in [-0.4, -0.2) is 74.2 Å². The lowest BCUT2D eigenvalue weighted by atomic mass is 10.1. The van der Waals surface area contributed by atoms with Gasteiger partial charge < -0.3 is 24.0 Å². The van der Waals surface area contributed by atoms with Crippen molar-refractivity contribution in [3.8, 4) is 11.5 Å². The Morgan fingerprint density at radius 2 is 1.89 bits per heavy atom. The smallest absolute Gasteiger partial charge is 0.251 e. The second kappa shape index (κ2) is 9.78. The molecule has 2 saturated heterocycles. The summed E-state index contributed by atoms with van der Waals surface area (Å²) in [6.07, 6.45) is 2.57. The predicted octanol–water partition coefficient (Wildman–Crippen LogP) is 1.88. The maximum atomic E-state index is 12.6. The molecule has 2 aliphatic heterocycles. The normalized spacial score (nSPS) is 19.6. The molecular formula is C21H30N2O5. The first-order valence-corrected chi connectivity index (χ1v) is 10.1. The van der Waals surface area contributed by atoms with Crippen molar-refractivity contribution in [3.05, 3.63) is 23.8 Å². The lowest BCUT2D eigenvalue weighted by Crippen LogP contribution is -2.52. The molecule has 1 unspecified atom stereocenters. The van der Waals surface area contributed by atoms with Gasteiger partial charge in [0.15, 0.2) is 11.5 Å². The Kier molecular flexibility index (Phi) is 7.14. The van der Waals surface area contributed by atoms with Crippen molar-refractivity contribution in [3.63, 3.8) is 0 Å². The van der Waals surface area contributed by atoms with Crippen LogP contribution < -0.4 is 9.47 Å². The van der Waals surface area contributed by atoms with E-state index in [9.17, 15) is 9.59 Å². The zero-order chi connectivity index (χ0) is 19.9. The molecule has 1 atom stereocenters. The average molecular weight is 390 g/mol. The fourth-order valence-electron chi connectivity index (χ4n) is 3.70. The molecule has 7 heteroatoms. The van der Waals surface area contributed by atoms with E-state index in [1.54, 1.807) is 7.11 Å². The highest BCUT2D eigenvalue weighted by molar-refractivity contribution is 5.82. The van der Waals surface area contributed by atoms with Gasteiger partial charge in [-0.25, -0.2) is 0 Å². The van der Waals surface area contributed by atoms with Gasteiger partial charge in [0.2, 0.25) is 5.91 Å². The third-order valence-electron chi connectivity index (χ3n) is 5.30. The molecule has 0 bridgehead atoms. The first kappa shape index (κ1) is 20.5. The van der Waals surface area contributed by atoms with Crippen LogP contribution >= 0.6 is 0 Å². The molecule has 1 aromatic carbocycles. The van der Waals surface area contributed by atoms with Crippen molar-refractivity contribution in [2.24, 2.45) is 0 Å². The zero-order valence-corrected chi connectivity index (χ0v) is 16.8. The summed E-state index contributed by atoms with van der Waals surface area (Å²) in [4.78, 5) is 28.7. The summed E-state index contributed by atoms with van der Waals surface area (Å²) in [7, 11) is 1.62. The Hall–Kier alpha value is -2.28. The number of methoxy groups -OCH3 is 1. The number of carbonyl (C=O) groups excluding carboxylic acids is 2. The Morgan fingerprint density at radius 3 is 2.54 bits per heavy atom. The number of aryl methyl sites for hydroxylation is 1. The van der Waals surface area contributed by atoms with Gasteiger partial charge in [0.1, 0.15) is 6.10 Å². The van der Waals surface area contributed by atoms with Gasteiger partial charge in [-0.1, -0.05) is 6.07 Å². The summed E-state index contributed by atoms with van der Waals surface area (Å²) in [6.45, 7) is 5.53. The van der Waals surface area contributed by atoms with Crippen LogP contribution in [0.2, 0.25) is 0 Å².